The van der Waals surface area contributed by atoms with Gasteiger partial charge in [0, 0.05) is 36.0 Å². The molecule has 0 aliphatic rings. The van der Waals surface area contributed by atoms with E-state index in [-0.39, 0.29) is 11.9 Å². The maximum absolute atomic E-state index is 14.2. The Morgan fingerprint density at radius 1 is 1.29 bits per heavy atom. The summed E-state index contributed by atoms with van der Waals surface area (Å²) in [6.07, 6.45) is 2.49. The van der Waals surface area contributed by atoms with Crippen LogP contribution in [0.4, 0.5) is 4.39 Å². The van der Waals surface area contributed by atoms with Crippen LogP contribution in [0.2, 0.25) is 0 Å². The Bertz CT molecular complexity index is 584. The van der Waals surface area contributed by atoms with Crippen molar-refractivity contribution in [1.82, 2.24) is 10.3 Å². The van der Waals surface area contributed by atoms with Gasteiger partial charge in [0.15, 0.2) is 0 Å². The highest BCUT2D eigenvalue weighted by atomic mass is 19.1. The second kappa shape index (κ2) is 7.18. The van der Waals surface area contributed by atoms with Crippen molar-refractivity contribution in [3.63, 3.8) is 0 Å². The Kier molecular flexibility index (Phi) is 5.28. The van der Waals surface area contributed by atoms with Crippen LogP contribution in [0.25, 0.3) is 0 Å². The largest absolute Gasteiger partial charge is 0.497 e. The Hall–Kier alpha value is -1.94. The molecule has 0 aliphatic heterocycles. The van der Waals surface area contributed by atoms with E-state index < -0.39 is 0 Å². The fourth-order valence-corrected chi connectivity index (χ4v) is 2.28. The molecule has 0 fully saturated rings. The molecule has 1 aromatic heterocycles. The van der Waals surface area contributed by atoms with E-state index in [1.807, 2.05) is 32.2 Å². The van der Waals surface area contributed by atoms with E-state index in [9.17, 15) is 4.39 Å². The van der Waals surface area contributed by atoms with E-state index in [1.165, 1.54) is 13.2 Å². The summed E-state index contributed by atoms with van der Waals surface area (Å²) in [4.78, 5) is 4.40. The normalized spacial score (nSPS) is 12.2. The molecule has 2 aromatic rings. The van der Waals surface area contributed by atoms with Crippen LogP contribution in [-0.2, 0) is 6.42 Å². The number of pyridine rings is 1. The molecular formula is C17H21FN2O. The maximum Gasteiger partial charge on any atom is 0.131 e. The van der Waals surface area contributed by atoms with Crippen LogP contribution < -0.4 is 10.1 Å². The van der Waals surface area contributed by atoms with Gasteiger partial charge in [-0.3, -0.25) is 4.98 Å². The smallest absolute Gasteiger partial charge is 0.131 e. The predicted molar refractivity (Wildman–Crippen MR) is 82.0 cm³/mol. The molecule has 1 heterocycles. The summed E-state index contributed by atoms with van der Waals surface area (Å²) in [5.74, 6) is 0.271. The van der Waals surface area contributed by atoms with Crippen molar-refractivity contribution in [1.29, 1.82) is 0 Å². The summed E-state index contributed by atoms with van der Waals surface area (Å²) < 4.78 is 19.3. The average Bonchev–Trinajstić information content (AvgIpc) is 2.49. The van der Waals surface area contributed by atoms with Crippen molar-refractivity contribution in [3.05, 3.63) is 59.2 Å². The second-order valence-electron chi connectivity index (χ2n) is 5.03. The molecule has 0 spiro atoms. The Morgan fingerprint density at radius 3 is 2.67 bits per heavy atom. The fraction of sp³-hybridized carbons (Fsp3) is 0.353. The molecule has 1 aromatic carbocycles. The minimum atomic E-state index is -0.257. The molecule has 3 nitrogen and oxygen atoms in total. The van der Waals surface area contributed by atoms with Crippen LogP contribution in [0.1, 0.15) is 29.8 Å². The summed E-state index contributed by atoms with van der Waals surface area (Å²) in [5.41, 5.74) is 2.70. The number of ether oxygens (including phenoxy) is 1. The van der Waals surface area contributed by atoms with E-state index in [1.54, 1.807) is 12.1 Å². The number of rotatable bonds is 6. The molecule has 21 heavy (non-hydrogen) atoms. The standard InChI is InChI=1S/C17H21FN2O/c1-4-19-17(9-13-6-5-12(2)11-20-13)15-8-7-14(21-3)10-16(15)18/h5-8,10-11,17,19H,4,9H2,1-3H3. The third kappa shape index (κ3) is 4.02. The Labute approximate surface area is 125 Å². The molecule has 0 amide bonds. The maximum atomic E-state index is 14.2. The second-order valence-corrected chi connectivity index (χ2v) is 5.03. The molecule has 0 bridgehead atoms. The zero-order valence-electron chi connectivity index (χ0n) is 12.7. The molecule has 0 saturated heterocycles. The van der Waals surface area contributed by atoms with Gasteiger partial charge >= 0.3 is 0 Å². The summed E-state index contributed by atoms with van der Waals surface area (Å²) in [7, 11) is 1.53. The monoisotopic (exact) mass is 288 g/mol. The summed E-state index contributed by atoms with van der Waals surface area (Å²) >= 11 is 0. The zero-order chi connectivity index (χ0) is 15.2. The van der Waals surface area contributed by atoms with Gasteiger partial charge < -0.3 is 10.1 Å². The molecule has 2 rings (SSSR count). The van der Waals surface area contributed by atoms with E-state index in [0.29, 0.717) is 17.7 Å². The van der Waals surface area contributed by atoms with Crippen LogP contribution in [-0.4, -0.2) is 18.6 Å². The van der Waals surface area contributed by atoms with Gasteiger partial charge in [0.25, 0.3) is 0 Å². The molecule has 0 saturated carbocycles. The van der Waals surface area contributed by atoms with Crippen molar-refractivity contribution in [3.8, 4) is 5.75 Å². The van der Waals surface area contributed by atoms with E-state index in [4.69, 9.17) is 4.74 Å². The molecule has 112 valence electrons. The van der Waals surface area contributed by atoms with Gasteiger partial charge in [-0.05, 0) is 31.2 Å². The van der Waals surface area contributed by atoms with Crippen LogP contribution in [0, 0.1) is 12.7 Å². The first-order valence-corrected chi connectivity index (χ1v) is 7.12. The Balaban J connectivity index is 2.24. The van der Waals surface area contributed by atoms with E-state index in [0.717, 1.165) is 17.8 Å². The molecule has 0 radical (unpaired) electrons. The number of nitrogens with zero attached hydrogens (tertiary/aromatic N) is 1. The highest BCUT2D eigenvalue weighted by Crippen LogP contribution is 2.24. The van der Waals surface area contributed by atoms with Gasteiger partial charge in [-0.2, -0.15) is 0 Å². The summed E-state index contributed by atoms with van der Waals surface area (Å²) in [6, 6.07) is 8.89. The van der Waals surface area contributed by atoms with Gasteiger partial charge in [-0.25, -0.2) is 4.39 Å². The lowest BCUT2D eigenvalue weighted by molar-refractivity contribution is 0.409. The molecule has 1 atom stereocenters. The number of likely N-dealkylation sites (N-methyl/N-ethyl adjacent to an activating group) is 1. The number of nitrogens with one attached hydrogen (secondary N) is 1. The number of aryl methyl sites for hydroxylation is 1. The average molecular weight is 288 g/mol. The first kappa shape index (κ1) is 15.4. The number of hydrogen-bond acceptors (Lipinski definition) is 3. The zero-order valence-corrected chi connectivity index (χ0v) is 12.7. The van der Waals surface area contributed by atoms with Gasteiger partial charge in [0.2, 0.25) is 0 Å². The lowest BCUT2D eigenvalue weighted by atomic mass is 10.0. The van der Waals surface area contributed by atoms with Crippen molar-refractivity contribution in [2.75, 3.05) is 13.7 Å². The first-order chi connectivity index (χ1) is 10.1. The van der Waals surface area contributed by atoms with Crippen molar-refractivity contribution in [2.45, 2.75) is 26.3 Å². The number of methoxy groups -OCH3 is 1. The lowest BCUT2D eigenvalue weighted by Crippen LogP contribution is -2.24. The van der Waals surface area contributed by atoms with Gasteiger partial charge in [0.05, 0.1) is 7.11 Å². The minimum absolute atomic E-state index is 0.101. The Morgan fingerprint density at radius 2 is 2.10 bits per heavy atom. The molecule has 4 heteroatoms. The first-order valence-electron chi connectivity index (χ1n) is 7.12. The quantitative estimate of drug-likeness (QED) is 0.884. The van der Waals surface area contributed by atoms with Gasteiger partial charge in [-0.1, -0.05) is 19.1 Å². The number of hydrogen-bond donors (Lipinski definition) is 1. The van der Waals surface area contributed by atoms with Crippen molar-refractivity contribution in [2.24, 2.45) is 0 Å². The summed E-state index contributed by atoms with van der Waals surface area (Å²) in [6.45, 7) is 4.78. The lowest BCUT2D eigenvalue weighted by Gasteiger charge is -2.19. The van der Waals surface area contributed by atoms with Crippen molar-refractivity contribution >= 4 is 0 Å². The number of aromatic nitrogens is 1. The van der Waals surface area contributed by atoms with E-state index >= 15 is 0 Å². The molecule has 0 aliphatic carbocycles. The number of benzene rings is 1. The predicted octanol–water partition coefficient (Wildman–Crippen LogP) is 3.43. The molecular weight excluding hydrogens is 267 g/mol. The fourth-order valence-electron chi connectivity index (χ4n) is 2.28. The third-order valence-corrected chi connectivity index (χ3v) is 3.42. The number of halogens is 1. The van der Waals surface area contributed by atoms with Crippen LogP contribution >= 0.6 is 0 Å². The third-order valence-electron chi connectivity index (χ3n) is 3.42. The molecule has 1 unspecified atom stereocenters. The van der Waals surface area contributed by atoms with Crippen LogP contribution in [0.15, 0.2) is 36.5 Å². The highest BCUT2D eigenvalue weighted by molar-refractivity contribution is 5.31. The summed E-state index contributed by atoms with van der Waals surface area (Å²) in [5, 5.41) is 3.32. The SMILES string of the molecule is CCNC(Cc1ccc(C)cn1)c1ccc(OC)cc1F. The van der Waals surface area contributed by atoms with Crippen LogP contribution in [0.5, 0.6) is 5.75 Å². The van der Waals surface area contributed by atoms with Gasteiger partial charge in [-0.15, -0.1) is 0 Å². The topological polar surface area (TPSA) is 34.2 Å². The minimum Gasteiger partial charge on any atom is -0.497 e. The van der Waals surface area contributed by atoms with Gasteiger partial charge in [0.1, 0.15) is 11.6 Å². The molecule has 1 N–H and O–H groups in total. The van der Waals surface area contributed by atoms with Crippen LogP contribution in [0.3, 0.4) is 0 Å². The van der Waals surface area contributed by atoms with Crippen molar-refractivity contribution < 1.29 is 9.13 Å². The van der Waals surface area contributed by atoms with E-state index in [2.05, 4.69) is 10.3 Å². The highest BCUT2D eigenvalue weighted by Gasteiger charge is 2.16.